The molecule has 2 aliphatic heterocycles. The van der Waals surface area contributed by atoms with E-state index in [2.05, 4.69) is 0 Å². The van der Waals surface area contributed by atoms with Crippen LogP contribution in [0.1, 0.15) is 31.2 Å². The van der Waals surface area contributed by atoms with Crippen LogP contribution in [0.2, 0.25) is 0 Å². The standard InChI is InChI=1S/C20H21F2NO3/c21-20(22)15-11-23(7-6-19(15,20)14-4-2-1-3-5-14)17(25)13-8-18(9-13)10-16(24)26-12-18/h1-5,13,15H,6-12H2. The Hall–Kier alpha value is -1.98. The molecule has 26 heavy (non-hydrogen) atoms. The minimum atomic E-state index is -2.75. The van der Waals surface area contributed by atoms with Crippen molar-refractivity contribution >= 4 is 11.9 Å². The second-order valence-electron chi connectivity index (χ2n) is 8.49. The number of ether oxygens (including phenoxy) is 1. The van der Waals surface area contributed by atoms with Crippen LogP contribution in [0.15, 0.2) is 30.3 Å². The molecular weight excluding hydrogens is 340 g/mol. The topological polar surface area (TPSA) is 46.6 Å². The van der Waals surface area contributed by atoms with E-state index in [4.69, 9.17) is 4.74 Å². The molecular formula is C20H21F2NO3. The maximum absolute atomic E-state index is 14.7. The Balaban J connectivity index is 1.27. The average molecular weight is 361 g/mol. The first-order valence-electron chi connectivity index (χ1n) is 9.26. The second kappa shape index (κ2) is 5.05. The molecule has 1 aromatic rings. The summed E-state index contributed by atoms with van der Waals surface area (Å²) < 4.78 is 34.4. The monoisotopic (exact) mass is 361 g/mol. The van der Waals surface area contributed by atoms with Crippen molar-refractivity contribution < 1.29 is 23.1 Å². The van der Waals surface area contributed by atoms with Crippen LogP contribution in [0.3, 0.4) is 0 Å². The number of carbonyl (C=O) groups excluding carboxylic acids is 2. The van der Waals surface area contributed by atoms with Gasteiger partial charge in [0.1, 0.15) is 0 Å². The summed E-state index contributed by atoms with van der Waals surface area (Å²) in [6.45, 7) is 0.895. The molecule has 1 amide bonds. The van der Waals surface area contributed by atoms with Crippen molar-refractivity contribution in [3.05, 3.63) is 35.9 Å². The number of halogens is 2. The number of amides is 1. The van der Waals surface area contributed by atoms with Crippen LogP contribution in [-0.2, 0) is 19.7 Å². The van der Waals surface area contributed by atoms with E-state index in [-0.39, 0.29) is 29.8 Å². The fourth-order valence-corrected chi connectivity index (χ4v) is 5.56. The smallest absolute Gasteiger partial charge is 0.306 e. The van der Waals surface area contributed by atoms with Crippen molar-refractivity contribution in [1.29, 1.82) is 0 Å². The summed E-state index contributed by atoms with van der Waals surface area (Å²) in [5, 5.41) is 0. The number of fused-ring (bicyclic) bond motifs is 1. The maximum atomic E-state index is 14.7. The predicted octanol–water partition coefficient (Wildman–Crippen LogP) is 2.77. The molecule has 4 fully saturated rings. The Kier molecular flexibility index (Phi) is 3.15. The van der Waals surface area contributed by atoms with Gasteiger partial charge in [0.05, 0.1) is 24.4 Å². The Morgan fingerprint density at radius 3 is 2.54 bits per heavy atom. The molecule has 0 aromatic heterocycles. The van der Waals surface area contributed by atoms with Crippen molar-refractivity contribution in [1.82, 2.24) is 4.90 Å². The molecule has 2 unspecified atom stereocenters. The van der Waals surface area contributed by atoms with E-state index in [1.165, 1.54) is 0 Å². The lowest BCUT2D eigenvalue weighted by atomic mass is 9.61. The molecule has 2 aliphatic carbocycles. The van der Waals surface area contributed by atoms with Gasteiger partial charge in [-0.05, 0) is 24.8 Å². The summed E-state index contributed by atoms with van der Waals surface area (Å²) in [4.78, 5) is 25.7. The molecule has 5 rings (SSSR count). The number of nitrogens with zero attached hydrogens (tertiary/aromatic N) is 1. The zero-order valence-electron chi connectivity index (χ0n) is 14.4. The summed E-state index contributed by atoms with van der Waals surface area (Å²) in [6, 6.07) is 8.98. The quantitative estimate of drug-likeness (QED) is 0.761. The molecule has 2 atom stereocenters. The summed E-state index contributed by atoms with van der Waals surface area (Å²) in [6.07, 6.45) is 1.96. The lowest BCUT2D eigenvalue weighted by molar-refractivity contribution is -0.145. The lowest BCUT2D eigenvalue weighted by Gasteiger charge is -2.44. The van der Waals surface area contributed by atoms with Gasteiger partial charge in [-0.3, -0.25) is 9.59 Å². The number of esters is 1. The number of hydrogen-bond donors (Lipinski definition) is 0. The first kappa shape index (κ1) is 16.2. The number of carbonyl (C=O) groups is 2. The Bertz CT molecular complexity index is 775. The van der Waals surface area contributed by atoms with Crippen molar-refractivity contribution in [3.8, 4) is 0 Å². The van der Waals surface area contributed by atoms with Crippen LogP contribution in [0, 0.1) is 17.3 Å². The summed E-state index contributed by atoms with van der Waals surface area (Å²) in [5.74, 6) is -3.92. The SMILES string of the molecule is O=C1CC2(CO1)CC(C(=O)N1CCC3(c4ccccc4)C(C1)C3(F)F)C2. The summed E-state index contributed by atoms with van der Waals surface area (Å²) in [5.41, 5.74) is -0.589. The van der Waals surface area contributed by atoms with Crippen LogP contribution in [0.25, 0.3) is 0 Å². The molecule has 1 aromatic carbocycles. The highest BCUT2D eigenvalue weighted by atomic mass is 19.3. The van der Waals surface area contributed by atoms with E-state index in [1.54, 1.807) is 29.2 Å². The molecule has 2 saturated carbocycles. The van der Waals surface area contributed by atoms with Gasteiger partial charge in [0.2, 0.25) is 5.91 Å². The second-order valence-corrected chi connectivity index (χ2v) is 8.49. The first-order chi connectivity index (χ1) is 12.4. The lowest BCUT2D eigenvalue weighted by Crippen LogP contribution is -2.50. The van der Waals surface area contributed by atoms with Gasteiger partial charge >= 0.3 is 5.97 Å². The molecule has 0 radical (unpaired) electrons. The van der Waals surface area contributed by atoms with Crippen LogP contribution in [0.5, 0.6) is 0 Å². The zero-order chi connectivity index (χ0) is 18.2. The minimum Gasteiger partial charge on any atom is -0.465 e. The van der Waals surface area contributed by atoms with Crippen LogP contribution in [-0.4, -0.2) is 42.4 Å². The summed E-state index contributed by atoms with van der Waals surface area (Å²) in [7, 11) is 0. The Morgan fingerprint density at radius 2 is 1.92 bits per heavy atom. The number of rotatable bonds is 2. The number of piperidine rings is 1. The maximum Gasteiger partial charge on any atom is 0.306 e. The van der Waals surface area contributed by atoms with Crippen molar-refractivity contribution in [2.45, 2.75) is 37.0 Å². The van der Waals surface area contributed by atoms with Crippen molar-refractivity contribution in [2.75, 3.05) is 19.7 Å². The molecule has 0 N–H and O–H groups in total. The fourth-order valence-electron chi connectivity index (χ4n) is 5.56. The largest absolute Gasteiger partial charge is 0.465 e. The van der Waals surface area contributed by atoms with Gasteiger partial charge in [0.25, 0.3) is 5.92 Å². The minimum absolute atomic E-state index is 0.0284. The third kappa shape index (κ3) is 1.98. The Labute approximate surface area is 150 Å². The molecule has 6 heteroatoms. The van der Waals surface area contributed by atoms with Gasteiger partial charge in [-0.15, -0.1) is 0 Å². The van der Waals surface area contributed by atoms with E-state index in [9.17, 15) is 18.4 Å². The van der Waals surface area contributed by atoms with Crippen LogP contribution >= 0.6 is 0 Å². The highest BCUT2D eigenvalue weighted by Gasteiger charge is 2.82. The normalized spacial score (nSPS) is 34.2. The van der Waals surface area contributed by atoms with Gasteiger partial charge in [-0.2, -0.15) is 0 Å². The number of alkyl halides is 2. The van der Waals surface area contributed by atoms with Gasteiger partial charge in [0.15, 0.2) is 0 Å². The zero-order valence-corrected chi connectivity index (χ0v) is 14.4. The van der Waals surface area contributed by atoms with Gasteiger partial charge in [-0.1, -0.05) is 30.3 Å². The van der Waals surface area contributed by atoms with Gasteiger partial charge < -0.3 is 9.64 Å². The van der Waals surface area contributed by atoms with E-state index in [0.717, 1.165) is 0 Å². The van der Waals surface area contributed by atoms with E-state index >= 15 is 0 Å². The third-order valence-electron chi connectivity index (χ3n) is 7.09. The molecule has 138 valence electrons. The highest BCUT2D eigenvalue weighted by Crippen LogP contribution is 2.70. The molecule has 0 bridgehead atoms. The predicted molar refractivity (Wildman–Crippen MR) is 88.5 cm³/mol. The number of hydrogen-bond acceptors (Lipinski definition) is 3. The summed E-state index contributed by atoms with van der Waals surface area (Å²) >= 11 is 0. The van der Waals surface area contributed by atoms with E-state index in [1.807, 2.05) is 6.07 Å². The molecule has 4 nitrogen and oxygen atoms in total. The van der Waals surface area contributed by atoms with Gasteiger partial charge in [0, 0.05) is 24.4 Å². The molecule has 1 spiro atoms. The Morgan fingerprint density at radius 1 is 1.19 bits per heavy atom. The molecule has 2 heterocycles. The van der Waals surface area contributed by atoms with E-state index in [0.29, 0.717) is 44.4 Å². The average Bonchev–Trinajstić information content (AvgIpc) is 2.89. The van der Waals surface area contributed by atoms with Crippen molar-refractivity contribution in [3.63, 3.8) is 0 Å². The number of likely N-dealkylation sites (tertiary alicyclic amines) is 1. The number of benzene rings is 1. The third-order valence-corrected chi connectivity index (χ3v) is 7.09. The van der Waals surface area contributed by atoms with Crippen molar-refractivity contribution in [2.24, 2.45) is 17.3 Å². The molecule has 4 aliphatic rings. The first-order valence-corrected chi connectivity index (χ1v) is 9.26. The van der Waals surface area contributed by atoms with Crippen LogP contribution in [0.4, 0.5) is 8.78 Å². The van der Waals surface area contributed by atoms with Crippen LogP contribution < -0.4 is 0 Å². The van der Waals surface area contributed by atoms with E-state index < -0.39 is 17.3 Å². The molecule has 2 saturated heterocycles. The highest BCUT2D eigenvalue weighted by molar-refractivity contribution is 5.81. The number of cyclic esters (lactones) is 1. The van der Waals surface area contributed by atoms with Gasteiger partial charge in [-0.25, -0.2) is 8.78 Å². The fraction of sp³-hybridized carbons (Fsp3) is 0.600.